The van der Waals surface area contributed by atoms with Crippen LogP contribution in [0.3, 0.4) is 0 Å². The Hall–Kier alpha value is -2.80. The highest BCUT2D eigenvalue weighted by Gasteiger charge is 2.17. The maximum absolute atomic E-state index is 12.5. The number of aromatic nitrogens is 3. The Balaban J connectivity index is 1.62. The maximum atomic E-state index is 12.5. The zero-order chi connectivity index (χ0) is 21.9. The smallest absolute Gasteiger partial charge is 0.233 e. The van der Waals surface area contributed by atoms with Crippen LogP contribution in [0.25, 0.3) is 11.4 Å². The molecule has 0 aliphatic heterocycles. The van der Waals surface area contributed by atoms with Gasteiger partial charge >= 0.3 is 0 Å². The van der Waals surface area contributed by atoms with Gasteiger partial charge in [0, 0.05) is 19.2 Å². The number of amides is 1. The molecule has 1 heterocycles. The van der Waals surface area contributed by atoms with Gasteiger partial charge in [0.25, 0.3) is 0 Å². The molecule has 0 spiro atoms. The van der Waals surface area contributed by atoms with E-state index in [1.807, 2.05) is 31.2 Å². The lowest BCUT2D eigenvalue weighted by atomic mass is 9.87. The fourth-order valence-corrected chi connectivity index (χ4v) is 3.78. The van der Waals surface area contributed by atoms with Gasteiger partial charge < -0.3 is 10.7 Å². The van der Waals surface area contributed by atoms with E-state index in [1.165, 1.54) is 27.6 Å². The molecule has 2 N–H and O–H groups in total. The number of thioether (sulfide) groups is 1. The van der Waals surface area contributed by atoms with Crippen molar-refractivity contribution in [3.63, 3.8) is 0 Å². The quantitative estimate of drug-likeness (QED) is 0.479. The van der Waals surface area contributed by atoms with Crippen molar-refractivity contribution < 1.29 is 4.79 Å². The summed E-state index contributed by atoms with van der Waals surface area (Å²) in [5.74, 6) is 7.05. The number of carbonyl (C=O) groups is 1. The average molecular weight is 424 g/mol. The number of aryl methyl sites for hydroxylation is 1. The molecule has 0 fully saturated rings. The van der Waals surface area contributed by atoms with Gasteiger partial charge in [0.05, 0.1) is 5.75 Å². The third-order valence-corrected chi connectivity index (χ3v) is 5.89. The fourth-order valence-electron chi connectivity index (χ4n) is 2.98. The van der Waals surface area contributed by atoms with E-state index in [4.69, 9.17) is 5.84 Å². The number of nitrogens with two attached hydrogens (primary N) is 1. The number of nitrogens with zero attached hydrogens (tertiary/aromatic N) is 4. The minimum Gasteiger partial charge on any atom is -0.341 e. The van der Waals surface area contributed by atoms with Crippen molar-refractivity contribution in [3.05, 3.63) is 65.2 Å². The Morgan fingerprint density at radius 3 is 2.30 bits per heavy atom. The molecule has 3 aromatic rings. The molecule has 158 valence electrons. The summed E-state index contributed by atoms with van der Waals surface area (Å²) in [5, 5.41) is 8.90. The van der Waals surface area contributed by atoms with Crippen LogP contribution in [0.1, 0.15) is 37.5 Å². The molecule has 0 atom stereocenters. The molecule has 0 saturated heterocycles. The van der Waals surface area contributed by atoms with Gasteiger partial charge in [0.1, 0.15) is 0 Å². The fraction of sp³-hybridized carbons (Fsp3) is 0.348. The number of benzene rings is 2. The van der Waals surface area contributed by atoms with Crippen molar-refractivity contribution in [2.75, 3.05) is 18.6 Å². The van der Waals surface area contributed by atoms with Crippen LogP contribution in [-0.4, -0.2) is 38.5 Å². The molecule has 0 aliphatic carbocycles. The number of carbonyl (C=O) groups excluding carboxylic acids is 1. The predicted molar refractivity (Wildman–Crippen MR) is 123 cm³/mol. The first-order chi connectivity index (χ1) is 14.1. The highest BCUT2D eigenvalue weighted by molar-refractivity contribution is 7.99. The van der Waals surface area contributed by atoms with Gasteiger partial charge in [-0.25, -0.2) is 4.68 Å². The molecule has 0 aliphatic rings. The second-order valence-corrected chi connectivity index (χ2v) is 9.47. The largest absolute Gasteiger partial charge is 0.341 e. The van der Waals surface area contributed by atoms with E-state index in [2.05, 4.69) is 55.2 Å². The standard InChI is InChI=1S/C23H29N5OS/c1-16-6-8-17(9-7-16)14-27(5)20(29)15-30-22-26-25-21(28(22)24)18-10-12-19(13-11-18)23(2,3)4/h6-13H,14-15,24H2,1-5H3. The van der Waals surface area contributed by atoms with Gasteiger partial charge in [-0.1, -0.05) is 86.6 Å². The van der Waals surface area contributed by atoms with E-state index >= 15 is 0 Å². The summed E-state index contributed by atoms with van der Waals surface area (Å²) in [6.07, 6.45) is 0. The molecule has 0 radical (unpaired) electrons. The van der Waals surface area contributed by atoms with Crippen molar-refractivity contribution in [3.8, 4) is 11.4 Å². The van der Waals surface area contributed by atoms with Gasteiger partial charge in [0.2, 0.25) is 11.1 Å². The van der Waals surface area contributed by atoms with E-state index in [1.54, 1.807) is 11.9 Å². The SMILES string of the molecule is Cc1ccc(CN(C)C(=O)CSc2nnc(-c3ccc(C(C)(C)C)cc3)n2N)cc1. The van der Waals surface area contributed by atoms with Gasteiger partial charge in [-0.05, 0) is 23.5 Å². The van der Waals surface area contributed by atoms with Crippen molar-refractivity contribution in [2.45, 2.75) is 44.8 Å². The summed E-state index contributed by atoms with van der Waals surface area (Å²) in [4.78, 5) is 14.2. The molecule has 6 nitrogen and oxygen atoms in total. The summed E-state index contributed by atoms with van der Waals surface area (Å²) >= 11 is 1.29. The van der Waals surface area contributed by atoms with E-state index < -0.39 is 0 Å². The number of hydrogen-bond donors (Lipinski definition) is 1. The molecule has 1 aromatic heterocycles. The van der Waals surface area contributed by atoms with Crippen LogP contribution in [0.2, 0.25) is 0 Å². The number of nitrogen functional groups attached to an aromatic ring is 1. The highest BCUT2D eigenvalue weighted by atomic mass is 32.2. The molecular weight excluding hydrogens is 394 g/mol. The highest BCUT2D eigenvalue weighted by Crippen LogP contribution is 2.26. The minimum atomic E-state index is 0.0136. The summed E-state index contributed by atoms with van der Waals surface area (Å²) in [6.45, 7) is 9.14. The normalized spacial score (nSPS) is 11.5. The average Bonchev–Trinajstić information content (AvgIpc) is 3.07. The topological polar surface area (TPSA) is 77.0 Å². The number of rotatable bonds is 6. The second kappa shape index (κ2) is 8.92. The first-order valence-electron chi connectivity index (χ1n) is 9.89. The number of hydrogen-bond acceptors (Lipinski definition) is 5. The summed E-state index contributed by atoms with van der Waals surface area (Å²) in [5.41, 5.74) is 4.53. The van der Waals surface area contributed by atoms with E-state index in [-0.39, 0.29) is 17.1 Å². The van der Waals surface area contributed by atoms with Gasteiger partial charge in [0.15, 0.2) is 5.82 Å². The van der Waals surface area contributed by atoms with Crippen molar-refractivity contribution in [2.24, 2.45) is 0 Å². The summed E-state index contributed by atoms with van der Waals surface area (Å²) in [7, 11) is 1.80. The molecule has 0 bridgehead atoms. The first kappa shape index (κ1) is 21.9. The van der Waals surface area contributed by atoms with E-state index in [0.717, 1.165) is 11.1 Å². The summed E-state index contributed by atoms with van der Waals surface area (Å²) < 4.78 is 1.45. The van der Waals surface area contributed by atoms with Crippen LogP contribution in [-0.2, 0) is 16.8 Å². The molecular formula is C23H29N5OS. The minimum absolute atomic E-state index is 0.0136. The van der Waals surface area contributed by atoms with Crippen molar-refractivity contribution >= 4 is 17.7 Å². The third-order valence-electron chi connectivity index (χ3n) is 4.96. The predicted octanol–water partition coefficient (Wildman–Crippen LogP) is 4.02. The van der Waals surface area contributed by atoms with Crippen LogP contribution < -0.4 is 5.84 Å². The molecule has 2 aromatic carbocycles. The van der Waals surface area contributed by atoms with Crippen molar-refractivity contribution in [1.29, 1.82) is 0 Å². The Morgan fingerprint density at radius 1 is 1.07 bits per heavy atom. The molecule has 7 heteroatoms. The molecule has 0 saturated carbocycles. The second-order valence-electron chi connectivity index (χ2n) is 8.53. The van der Waals surface area contributed by atoms with Crippen LogP contribution in [0.5, 0.6) is 0 Å². The van der Waals surface area contributed by atoms with Gasteiger partial charge in [-0.15, -0.1) is 10.2 Å². The monoisotopic (exact) mass is 423 g/mol. The lowest BCUT2D eigenvalue weighted by molar-refractivity contribution is -0.127. The molecule has 0 unspecified atom stereocenters. The van der Waals surface area contributed by atoms with E-state index in [0.29, 0.717) is 17.5 Å². The summed E-state index contributed by atoms with van der Waals surface area (Å²) in [6, 6.07) is 16.4. The van der Waals surface area contributed by atoms with Gasteiger partial charge in [-0.3, -0.25) is 4.79 Å². The van der Waals surface area contributed by atoms with Crippen LogP contribution >= 0.6 is 11.8 Å². The van der Waals surface area contributed by atoms with Crippen LogP contribution in [0, 0.1) is 6.92 Å². The lowest BCUT2D eigenvalue weighted by Crippen LogP contribution is -2.28. The van der Waals surface area contributed by atoms with Crippen LogP contribution in [0.4, 0.5) is 0 Å². The Kier molecular flexibility index (Phi) is 6.51. The zero-order valence-corrected chi connectivity index (χ0v) is 19.0. The lowest BCUT2D eigenvalue weighted by Gasteiger charge is -2.19. The van der Waals surface area contributed by atoms with E-state index in [9.17, 15) is 4.79 Å². The van der Waals surface area contributed by atoms with Gasteiger partial charge in [-0.2, -0.15) is 0 Å². The maximum Gasteiger partial charge on any atom is 0.233 e. The third kappa shape index (κ3) is 5.21. The Morgan fingerprint density at radius 2 is 1.70 bits per heavy atom. The molecule has 3 rings (SSSR count). The van der Waals surface area contributed by atoms with Crippen molar-refractivity contribution in [1.82, 2.24) is 19.8 Å². The Bertz CT molecular complexity index is 1000. The Labute approximate surface area is 182 Å². The first-order valence-corrected chi connectivity index (χ1v) is 10.9. The van der Waals surface area contributed by atoms with Crippen LogP contribution in [0.15, 0.2) is 53.7 Å². The molecule has 1 amide bonds. The zero-order valence-electron chi connectivity index (χ0n) is 18.2. The molecule has 30 heavy (non-hydrogen) atoms.